The zero-order valence-electron chi connectivity index (χ0n) is 16.8. The van der Waals surface area contributed by atoms with E-state index in [1.807, 2.05) is 35.0 Å². The van der Waals surface area contributed by atoms with Gasteiger partial charge in [-0.2, -0.15) is 0 Å². The summed E-state index contributed by atoms with van der Waals surface area (Å²) in [6.45, 7) is 3.63. The van der Waals surface area contributed by atoms with Crippen LogP contribution in [0.5, 0.6) is 0 Å². The largest absolute Gasteiger partial charge is 0.366 e. The molecule has 3 heterocycles. The number of para-hydroxylation sites is 1. The lowest BCUT2D eigenvalue weighted by Gasteiger charge is -2.37. The van der Waals surface area contributed by atoms with E-state index < -0.39 is 0 Å². The third kappa shape index (κ3) is 4.89. The van der Waals surface area contributed by atoms with Crippen LogP contribution in [0.15, 0.2) is 66.3 Å². The number of anilines is 1. The minimum Gasteiger partial charge on any atom is -0.366 e. The fourth-order valence-corrected chi connectivity index (χ4v) is 3.56. The maximum Gasteiger partial charge on any atom is 0.194 e. The zero-order chi connectivity index (χ0) is 20.1. The van der Waals surface area contributed by atoms with Crippen molar-refractivity contribution in [2.75, 3.05) is 38.1 Å². The van der Waals surface area contributed by atoms with Gasteiger partial charge in [0.1, 0.15) is 18.0 Å². The molecule has 1 N–H and O–H groups in total. The van der Waals surface area contributed by atoms with Crippen LogP contribution < -0.4 is 10.2 Å². The van der Waals surface area contributed by atoms with Crippen LogP contribution in [-0.4, -0.2) is 58.6 Å². The topological polar surface area (TPSA) is 61.6 Å². The molecule has 1 aliphatic rings. The summed E-state index contributed by atoms with van der Waals surface area (Å²) in [6.07, 6.45) is 7.13. The maximum absolute atomic E-state index is 14.1. The highest BCUT2D eigenvalue weighted by Gasteiger charge is 2.21. The summed E-state index contributed by atoms with van der Waals surface area (Å²) in [4.78, 5) is 17.3. The lowest BCUT2D eigenvalue weighted by molar-refractivity contribution is 0.370. The highest BCUT2D eigenvalue weighted by Crippen LogP contribution is 2.20. The number of hydrogen-bond donors (Lipinski definition) is 1. The number of aromatic nitrogens is 3. The predicted octanol–water partition coefficient (Wildman–Crippen LogP) is 2.92. The van der Waals surface area contributed by atoms with Gasteiger partial charge in [0.25, 0.3) is 0 Å². The number of pyridine rings is 1. The number of imidazole rings is 1. The fourth-order valence-electron chi connectivity index (χ4n) is 3.56. The van der Waals surface area contributed by atoms with Gasteiger partial charge in [-0.1, -0.05) is 18.2 Å². The van der Waals surface area contributed by atoms with Gasteiger partial charge in [0.2, 0.25) is 0 Å². The van der Waals surface area contributed by atoms with Crippen LogP contribution in [0.2, 0.25) is 0 Å². The molecule has 0 bridgehead atoms. The van der Waals surface area contributed by atoms with Crippen LogP contribution in [0.4, 0.5) is 10.1 Å². The van der Waals surface area contributed by atoms with Crippen molar-refractivity contribution in [3.05, 3.63) is 72.7 Å². The van der Waals surface area contributed by atoms with Crippen molar-refractivity contribution in [2.45, 2.75) is 6.54 Å². The first-order valence-corrected chi connectivity index (χ1v) is 9.63. The average molecular weight is 521 g/mol. The first-order chi connectivity index (χ1) is 14.3. The monoisotopic (exact) mass is 521 g/mol. The molecule has 1 aliphatic heterocycles. The summed E-state index contributed by atoms with van der Waals surface area (Å²) in [7, 11) is 1.78. The van der Waals surface area contributed by atoms with Crippen LogP contribution in [0.1, 0.15) is 5.56 Å². The van der Waals surface area contributed by atoms with Gasteiger partial charge in [-0.15, -0.1) is 24.0 Å². The van der Waals surface area contributed by atoms with Crippen molar-refractivity contribution in [2.24, 2.45) is 4.99 Å². The van der Waals surface area contributed by atoms with E-state index in [9.17, 15) is 4.39 Å². The summed E-state index contributed by atoms with van der Waals surface area (Å²) in [6, 6.07) is 10.9. The summed E-state index contributed by atoms with van der Waals surface area (Å²) in [5.41, 5.74) is 1.71. The van der Waals surface area contributed by atoms with Crippen LogP contribution >= 0.6 is 24.0 Å². The first kappa shape index (κ1) is 22.0. The molecule has 3 aromatic rings. The van der Waals surface area contributed by atoms with E-state index in [0.717, 1.165) is 43.5 Å². The highest BCUT2D eigenvalue weighted by molar-refractivity contribution is 14.0. The molecule has 1 aromatic carbocycles. The minimum atomic E-state index is -0.174. The predicted molar refractivity (Wildman–Crippen MR) is 127 cm³/mol. The lowest BCUT2D eigenvalue weighted by atomic mass is 10.2. The van der Waals surface area contributed by atoms with Crippen molar-refractivity contribution in [3.63, 3.8) is 0 Å². The number of piperazine rings is 1. The molecule has 0 saturated carbocycles. The van der Waals surface area contributed by atoms with E-state index in [4.69, 9.17) is 0 Å². The van der Waals surface area contributed by atoms with Crippen molar-refractivity contribution in [1.29, 1.82) is 0 Å². The van der Waals surface area contributed by atoms with Gasteiger partial charge in [-0.25, -0.2) is 14.4 Å². The third-order valence-corrected chi connectivity index (χ3v) is 5.04. The number of halogens is 2. The van der Waals surface area contributed by atoms with Gasteiger partial charge in [0, 0.05) is 63.9 Å². The van der Waals surface area contributed by atoms with E-state index in [2.05, 4.69) is 30.1 Å². The Morgan fingerprint density at radius 3 is 2.60 bits per heavy atom. The Balaban J connectivity index is 0.00000256. The van der Waals surface area contributed by atoms with Crippen LogP contribution in [0.3, 0.4) is 0 Å². The van der Waals surface area contributed by atoms with Crippen molar-refractivity contribution >= 4 is 35.6 Å². The Hall–Kier alpha value is -2.69. The second kappa shape index (κ2) is 10.4. The molecule has 0 aliphatic carbocycles. The van der Waals surface area contributed by atoms with E-state index >= 15 is 0 Å². The maximum atomic E-state index is 14.1. The Bertz CT molecular complexity index is 969. The Kier molecular flexibility index (Phi) is 7.61. The third-order valence-electron chi connectivity index (χ3n) is 5.04. The number of aliphatic imine (C=N–C) groups is 1. The molecular weight excluding hydrogens is 496 g/mol. The summed E-state index contributed by atoms with van der Waals surface area (Å²) in [5.74, 6) is 1.50. The number of nitrogens with zero attached hydrogens (tertiary/aromatic N) is 6. The van der Waals surface area contributed by atoms with E-state index in [-0.39, 0.29) is 29.8 Å². The number of benzene rings is 1. The molecule has 1 fully saturated rings. The summed E-state index contributed by atoms with van der Waals surface area (Å²) >= 11 is 0. The Labute approximate surface area is 192 Å². The van der Waals surface area contributed by atoms with E-state index in [0.29, 0.717) is 12.2 Å². The molecular formula is C21H25FIN7. The molecule has 0 unspecified atom stereocenters. The number of guanidine groups is 1. The van der Waals surface area contributed by atoms with Gasteiger partial charge in [-0.05, 0) is 18.2 Å². The summed E-state index contributed by atoms with van der Waals surface area (Å²) < 4.78 is 16.0. The van der Waals surface area contributed by atoms with Gasteiger partial charge >= 0.3 is 0 Å². The Morgan fingerprint density at radius 2 is 1.90 bits per heavy atom. The quantitative estimate of drug-likeness (QED) is 0.325. The Morgan fingerprint density at radius 1 is 1.10 bits per heavy atom. The molecule has 0 amide bonds. The van der Waals surface area contributed by atoms with Gasteiger partial charge in [-0.3, -0.25) is 9.56 Å². The molecule has 4 rings (SSSR count). The first-order valence-electron chi connectivity index (χ1n) is 9.63. The van der Waals surface area contributed by atoms with E-state index in [1.54, 1.807) is 31.8 Å². The smallest absolute Gasteiger partial charge is 0.194 e. The van der Waals surface area contributed by atoms with Crippen molar-refractivity contribution in [1.82, 2.24) is 24.8 Å². The zero-order valence-corrected chi connectivity index (χ0v) is 19.1. The van der Waals surface area contributed by atoms with Gasteiger partial charge in [0.15, 0.2) is 5.96 Å². The molecule has 2 aromatic heterocycles. The van der Waals surface area contributed by atoms with Crippen molar-refractivity contribution < 1.29 is 4.39 Å². The second-order valence-corrected chi connectivity index (χ2v) is 6.78. The molecule has 9 heteroatoms. The molecule has 158 valence electrons. The lowest BCUT2D eigenvalue weighted by Crippen LogP contribution is -2.52. The number of rotatable bonds is 4. The van der Waals surface area contributed by atoms with Crippen LogP contribution in [0, 0.1) is 5.82 Å². The van der Waals surface area contributed by atoms with Gasteiger partial charge in [0.05, 0.1) is 5.69 Å². The second-order valence-electron chi connectivity index (χ2n) is 6.78. The molecule has 30 heavy (non-hydrogen) atoms. The standard InChI is InChI=1S/C21H24FN7.HI/c1-23-21(26-15-17-5-4-8-25-20(17)29-10-9-24-16-29)28-13-11-27(12-14-28)19-7-3-2-6-18(19)22;/h2-10,16H,11-15H2,1H3,(H,23,26);1H. The molecule has 7 nitrogen and oxygen atoms in total. The molecule has 1 saturated heterocycles. The minimum absolute atomic E-state index is 0. The van der Waals surface area contributed by atoms with Crippen molar-refractivity contribution in [3.8, 4) is 5.82 Å². The molecule has 0 spiro atoms. The number of nitrogens with one attached hydrogen (secondary N) is 1. The average Bonchev–Trinajstić information content (AvgIpc) is 3.30. The molecule has 0 atom stereocenters. The van der Waals surface area contributed by atoms with Crippen LogP contribution in [-0.2, 0) is 6.54 Å². The number of hydrogen-bond acceptors (Lipinski definition) is 4. The normalized spacial score (nSPS) is 14.4. The van der Waals surface area contributed by atoms with Gasteiger partial charge < -0.3 is 15.1 Å². The fraction of sp³-hybridized carbons (Fsp3) is 0.286. The van der Waals surface area contributed by atoms with E-state index in [1.165, 1.54) is 6.07 Å². The SMILES string of the molecule is CN=C(NCc1cccnc1-n1ccnc1)N1CCN(c2ccccc2F)CC1.I. The molecule has 0 radical (unpaired) electrons. The van der Waals surface area contributed by atoms with Crippen LogP contribution in [0.25, 0.3) is 5.82 Å². The summed E-state index contributed by atoms with van der Waals surface area (Å²) in [5, 5.41) is 3.43. The highest BCUT2D eigenvalue weighted by atomic mass is 127.